The summed E-state index contributed by atoms with van der Waals surface area (Å²) in [6, 6.07) is 8.10. The number of rotatable bonds is 4. The van der Waals surface area contributed by atoms with E-state index in [2.05, 4.69) is 26.5 Å². The maximum absolute atomic E-state index is 5.32. The molecule has 0 aliphatic rings. The molecule has 1 aromatic carbocycles. The van der Waals surface area contributed by atoms with Gasteiger partial charge in [-0.1, -0.05) is 38.6 Å². The number of para-hydroxylation sites is 1. The van der Waals surface area contributed by atoms with Gasteiger partial charge in [0.25, 0.3) is 0 Å². The molecular weight excluding hydrogens is 160 g/mol. The lowest BCUT2D eigenvalue weighted by Crippen LogP contribution is -1.94. The van der Waals surface area contributed by atoms with Crippen molar-refractivity contribution in [1.29, 1.82) is 0 Å². The minimum atomic E-state index is 0.538. The molecule has 1 nitrogen and oxygen atoms in total. The predicted octanol–water partition coefficient (Wildman–Crippen LogP) is 3.72. The Kier molecular flexibility index (Phi) is 3.56. The third kappa shape index (κ3) is 2.35. The Bertz CT molecular complexity index is 278. The molecular formula is C12H16O. The van der Waals surface area contributed by atoms with Crippen LogP contribution in [0.15, 0.2) is 37.1 Å². The quantitative estimate of drug-likeness (QED) is 0.635. The summed E-state index contributed by atoms with van der Waals surface area (Å²) in [5.41, 5.74) is 1.25. The fourth-order valence-electron chi connectivity index (χ4n) is 1.30. The fourth-order valence-corrected chi connectivity index (χ4v) is 1.30. The van der Waals surface area contributed by atoms with Gasteiger partial charge in [-0.2, -0.15) is 0 Å². The van der Waals surface area contributed by atoms with E-state index in [1.807, 2.05) is 18.2 Å². The zero-order valence-corrected chi connectivity index (χ0v) is 8.29. The number of hydrogen-bond acceptors (Lipinski definition) is 1. The zero-order valence-electron chi connectivity index (χ0n) is 8.29. The van der Waals surface area contributed by atoms with E-state index >= 15 is 0 Å². The average Bonchev–Trinajstić information content (AvgIpc) is 2.18. The van der Waals surface area contributed by atoms with Crippen LogP contribution in [0, 0.1) is 0 Å². The number of hydrogen-bond donors (Lipinski definition) is 0. The lowest BCUT2D eigenvalue weighted by molar-refractivity contribution is 0.471. The monoisotopic (exact) mass is 176 g/mol. The van der Waals surface area contributed by atoms with Crippen LogP contribution in [0.5, 0.6) is 5.75 Å². The van der Waals surface area contributed by atoms with Gasteiger partial charge in [0.1, 0.15) is 5.75 Å². The maximum Gasteiger partial charge on any atom is 0.129 e. The highest BCUT2D eigenvalue weighted by atomic mass is 16.5. The standard InChI is InChI=1S/C12H16O/c1-4-10(3)11-8-6-7-9-12(11)13-5-2/h5-10H,2,4H2,1,3H3. The molecule has 0 N–H and O–H groups in total. The van der Waals surface area contributed by atoms with Crippen LogP contribution in [0.2, 0.25) is 0 Å². The van der Waals surface area contributed by atoms with Crippen molar-refractivity contribution in [3.05, 3.63) is 42.7 Å². The molecule has 1 rings (SSSR count). The molecule has 0 fully saturated rings. The average molecular weight is 176 g/mol. The molecule has 13 heavy (non-hydrogen) atoms. The van der Waals surface area contributed by atoms with Crippen LogP contribution in [-0.4, -0.2) is 0 Å². The molecule has 0 heterocycles. The van der Waals surface area contributed by atoms with E-state index < -0.39 is 0 Å². The summed E-state index contributed by atoms with van der Waals surface area (Å²) in [7, 11) is 0. The number of benzene rings is 1. The second-order valence-electron chi connectivity index (χ2n) is 3.13. The van der Waals surface area contributed by atoms with Crippen molar-refractivity contribution in [2.24, 2.45) is 0 Å². The van der Waals surface area contributed by atoms with E-state index in [0.29, 0.717) is 5.92 Å². The van der Waals surface area contributed by atoms with Gasteiger partial charge >= 0.3 is 0 Å². The fraction of sp³-hybridized carbons (Fsp3) is 0.333. The molecule has 0 aliphatic heterocycles. The van der Waals surface area contributed by atoms with Gasteiger partial charge in [0.2, 0.25) is 0 Å². The molecule has 0 amide bonds. The lowest BCUT2D eigenvalue weighted by atomic mass is 9.98. The summed E-state index contributed by atoms with van der Waals surface area (Å²) in [6.07, 6.45) is 2.60. The van der Waals surface area contributed by atoms with E-state index in [0.717, 1.165) is 12.2 Å². The van der Waals surface area contributed by atoms with E-state index in [9.17, 15) is 0 Å². The SMILES string of the molecule is C=COc1ccccc1C(C)CC. The van der Waals surface area contributed by atoms with E-state index in [1.165, 1.54) is 11.8 Å². The van der Waals surface area contributed by atoms with Crippen molar-refractivity contribution in [1.82, 2.24) is 0 Å². The molecule has 0 bridgehead atoms. The van der Waals surface area contributed by atoms with Crippen LogP contribution < -0.4 is 4.74 Å². The Morgan fingerprint density at radius 3 is 2.77 bits per heavy atom. The van der Waals surface area contributed by atoms with Crippen molar-refractivity contribution in [3.63, 3.8) is 0 Å². The van der Waals surface area contributed by atoms with Crippen LogP contribution in [0.25, 0.3) is 0 Å². The molecule has 0 saturated heterocycles. The Hall–Kier alpha value is -1.24. The first kappa shape index (κ1) is 9.85. The number of ether oxygens (including phenoxy) is 1. The van der Waals surface area contributed by atoms with Crippen LogP contribution >= 0.6 is 0 Å². The molecule has 0 saturated carbocycles. The summed E-state index contributed by atoms with van der Waals surface area (Å²) in [4.78, 5) is 0. The topological polar surface area (TPSA) is 9.23 Å². The van der Waals surface area contributed by atoms with E-state index in [-0.39, 0.29) is 0 Å². The minimum absolute atomic E-state index is 0.538. The molecule has 0 spiro atoms. The van der Waals surface area contributed by atoms with Gasteiger partial charge in [0, 0.05) is 0 Å². The lowest BCUT2D eigenvalue weighted by Gasteiger charge is -2.13. The molecule has 1 aromatic rings. The zero-order chi connectivity index (χ0) is 9.68. The van der Waals surface area contributed by atoms with Crippen molar-refractivity contribution in [2.75, 3.05) is 0 Å². The van der Waals surface area contributed by atoms with Gasteiger partial charge in [0.05, 0.1) is 6.26 Å². The predicted molar refractivity (Wildman–Crippen MR) is 56.0 cm³/mol. The van der Waals surface area contributed by atoms with Crippen LogP contribution in [0.4, 0.5) is 0 Å². The highest BCUT2D eigenvalue weighted by Crippen LogP contribution is 2.28. The first-order chi connectivity index (χ1) is 6.29. The summed E-state index contributed by atoms with van der Waals surface area (Å²) < 4.78 is 5.32. The molecule has 70 valence electrons. The first-order valence-electron chi connectivity index (χ1n) is 4.66. The summed E-state index contributed by atoms with van der Waals surface area (Å²) >= 11 is 0. The van der Waals surface area contributed by atoms with Gasteiger partial charge in [-0.3, -0.25) is 0 Å². The molecule has 0 aromatic heterocycles. The molecule has 0 radical (unpaired) electrons. The highest BCUT2D eigenvalue weighted by molar-refractivity contribution is 5.36. The van der Waals surface area contributed by atoms with E-state index in [1.54, 1.807) is 0 Å². The summed E-state index contributed by atoms with van der Waals surface area (Å²) in [5, 5.41) is 0. The molecule has 1 heteroatoms. The Labute approximate surface area is 80.0 Å². The van der Waals surface area contributed by atoms with Crippen LogP contribution in [-0.2, 0) is 0 Å². The third-order valence-corrected chi connectivity index (χ3v) is 2.27. The Morgan fingerprint density at radius 1 is 1.46 bits per heavy atom. The van der Waals surface area contributed by atoms with Gasteiger partial charge in [-0.05, 0) is 24.0 Å². The van der Waals surface area contributed by atoms with Crippen molar-refractivity contribution in [2.45, 2.75) is 26.2 Å². The van der Waals surface area contributed by atoms with Crippen LogP contribution in [0.3, 0.4) is 0 Å². The van der Waals surface area contributed by atoms with Gasteiger partial charge < -0.3 is 4.74 Å². The van der Waals surface area contributed by atoms with Crippen molar-refractivity contribution < 1.29 is 4.74 Å². The van der Waals surface area contributed by atoms with E-state index in [4.69, 9.17) is 4.74 Å². The second kappa shape index (κ2) is 4.70. The van der Waals surface area contributed by atoms with Crippen molar-refractivity contribution >= 4 is 0 Å². The summed E-state index contributed by atoms with van der Waals surface area (Å²) in [6.45, 7) is 7.94. The van der Waals surface area contributed by atoms with Gasteiger partial charge in [-0.15, -0.1) is 0 Å². The smallest absolute Gasteiger partial charge is 0.129 e. The minimum Gasteiger partial charge on any atom is -0.465 e. The first-order valence-corrected chi connectivity index (χ1v) is 4.66. The molecule has 0 aliphatic carbocycles. The molecule has 1 unspecified atom stereocenters. The Balaban J connectivity index is 2.96. The van der Waals surface area contributed by atoms with Gasteiger partial charge in [-0.25, -0.2) is 0 Å². The van der Waals surface area contributed by atoms with Crippen molar-refractivity contribution in [3.8, 4) is 5.75 Å². The largest absolute Gasteiger partial charge is 0.465 e. The second-order valence-corrected chi connectivity index (χ2v) is 3.13. The van der Waals surface area contributed by atoms with Gasteiger partial charge in [0.15, 0.2) is 0 Å². The summed E-state index contributed by atoms with van der Waals surface area (Å²) in [5.74, 6) is 1.46. The Morgan fingerprint density at radius 2 is 2.15 bits per heavy atom. The highest BCUT2D eigenvalue weighted by Gasteiger charge is 2.07. The maximum atomic E-state index is 5.32. The molecule has 1 atom stereocenters. The third-order valence-electron chi connectivity index (χ3n) is 2.27. The normalized spacial score (nSPS) is 12.2. The van der Waals surface area contributed by atoms with Crippen LogP contribution in [0.1, 0.15) is 31.7 Å².